The van der Waals surface area contributed by atoms with E-state index in [0.717, 1.165) is 23.6 Å². The quantitative estimate of drug-likeness (QED) is 0.787. The van der Waals surface area contributed by atoms with Gasteiger partial charge in [0, 0.05) is 23.6 Å². The molecule has 0 unspecified atom stereocenters. The molecule has 94 valence electrons. The maximum absolute atomic E-state index is 13.0. The Morgan fingerprint density at radius 1 is 1.41 bits per heavy atom. The normalized spacial score (nSPS) is 15.9. The van der Waals surface area contributed by atoms with Gasteiger partial charge in [-0.05, 0) is 36.5 Å². The second-order valence-corrected chi connectivity index (χ2v) is 6.14. The zero-order valence-corrected chi connectivity index (χ0v) is 12.0. The van der Waals surface area contributed by atoms with Gasteiger partial charge in [-0.2, -0.15) is 0 Å². The molecule has 0 bridgehead atoms. The van der Waals surface area contributed by atoms with Crippen LogP contribution < -0.4 is 0 Å². The highest BCUT2D eigenvalue weighted by molar-refractivity contribution is 9.10. The van der Waals surface area contributed by atoms with Crippen molar-refractivity contribution in [1.29, 1.82) is 0 Å². The fraction of sp³-hybridized carbons (Fsp3) is 0.571. The summed E-state index contributed by atoms with van der Waals surface area (Å²) in [4.78, 5) is 2.52. The third kappa shape index (κ3) is 3.78. The lowest BCUT2D eigenvalue weighted by Crippen LogP contribution is -2.29. The van der Waals surface area contributed by atoms with E-state index in [-0.39, 0.29) is 5.82 Å². The van der Waals surface area contributed by atoms with E-state index in [1.807, 2.05) is 6.07 Å². The molecular weight excluding hydrogens is 281 g/mol. The van der Waals surface area contributed by atoms with E-state index in [0.29, 0.717) is 5.92 Å². The van der Waals surface area contributed by atoms with E-state index >= 15 is 0 Å². The standard InChI is InChI=1S/C14H19BrFN/c1-10(2)8-17(13-5-6-13)9-11-3-4-12(16)7-14(11)15/h3-4,7,10,13H,5-6,8-9H2,1-2H3. The predicted octanol–water partition coefficient (Wildman–Crippen LogP) is 4.21. The van der Waals surface area contributed by atoms with Crippen LogP contribution in [0.15, 0.2) is 22.7 Å². The summed E-state index contributed by atoms with van der Waals surface area (Å²) in [6.45, 7) is 6.53. The van der Waals surface area contributed by atoms with Gasteiger partial charge in [0.05, 0.1) is 0 Å². The molecule has 0 saturated heterocycles. The van der Waals surface area contributed by atoms with Gasteiger partial charge in [0.2, 0.25) is 0 Å². The maximum atomic E-state index is 13.0. The molecule has 2 rings (SSSR count). The van der Waals surface area contributed by atoms with Crippen molar-refractivity contribution in [2.75, 3.05) is 6.54 Å². The van der Waals surface area contributed by atoms with E-state index in [1.165, 1.54) is 18.4 Å². The lowest BCUT2D eigenvalue weighted by atomic mass is 10.1. The molecule has 1 aliphatic carbocycles. The highest BCUT2D eigenvalue weighted by Gasteiger charge is 2.29. The largest absolute Gasteiger partial charge is 0.296 e. The molecule has 1 aliphatic rings. The minimum atomic E-state index is -0.178. The average molecular weight is 300 g/mol. The summed E-state index contributed by atoms with van der Waals surface area (Å²) in [5.74, 6) is 0.497. The average Bonchev–Trinajstić information content (AvgIpc) is 3.03. The highest BCUT2D eigenvalue weighted by atomic mass is 79.9. The first kappa shape index (κ1) is 13.0. The van der Waals surface area contributed by atoms with Crippen LogP contribution in [-0.4, -0.2) is 17.5 Å². The summed E-state index contributed by atoms with van der Waals surface area (Å²) in [5, 5.41) is 0. The van der Waals surface area contributed by atoms with Crippen LogP contribution in [0, 0.1) is 11.7 Å². The van der Waals surface area contributed by atoms with Crippen molar-refractivity contribution in [3.05, 3.63) is 34.1 Å². The summed E-state index contributed by atoms with van der Waals surface area (Å²) in [6, 6.07) is 5.72. The molecule has 0 aliphatic heterocycles. The van der Waals surface area contributed by atoms with Crippen LogP contribution in [0.1, 0.15) is 32.3 Å². The van der Waals surface area contributed by atoms with Crippen molar-refractivity contribution in [2.24, 2.45) is 5.92 Å². The van der Waals surface area contributed by atoms with Crippen molar-refractivity contribution in [3.8, 4) is 0 Å². The van der Waals surface area contributed by atoms with Gasteiger partial charge in [-0.3, -0.25) is 4.90 Å². The molecule has 0 atom stereocenters. The maximum Gasteiger partial charge on any atom is 0.124 e. The van der Waals surface area contributed by atoms with Gasteiger partial charge in [0.25, 0.3) is 0 Å². The van der Waals surface area contributed by atoms with Gasteiger partial charge in [0.1, 0.15) is 5.82 Å². The number of rotatable bonds is 5. The molecule has 0 amide bonds. The van der Waals surface area contributed by atoms with E-state index in [2.05, 4.69) is 34.7 Å². The van der Waals surface area contributed by atoms with Crippen molar-refractivity contribution in [1.82, 2.24) is 4.90 Å². The van der Waals surface area contributed by atoms with Crippen molar-refractivity contribution < 1.29 is 4.39 Å². The van der Waals surface area contributed by atoms with Crippen LogP contribution in [0.2, 0.25) is 0 Å². The Labute approximate surface area is 111 Å². The molecule has 1 aromatic rings. The van der Waals surface area contributed by atoms with Crippen LogP contribution in [-0.2, 0) is 6.54 Å². The molecule has 1 aromatic carbocycles. The first-order valence-corrected chi connectivity index (χ1v) is 7.03. The van der Waals surface area contributed by atoms with Crippen molar-refractivity contribution in [2.45, 2.75) is 39.3 Å². The van der Waals surface area contributed by atoms with E-state index in [1.54, 1.807) is 12.1 Å². The number of hydrogen-bond acceptors (Lipinski definition) is 1. The van der Waals surface area contributed by atoms with Crippen LogP contribution in [0.4, 0.5) is 4.39 Å². The molecular formula is C14H19BrFN. The second kappa shape index (κ2) is 5.49. The van der Waals surface area contributed by atoms with Gasteiger partial charge in [-0.15, -0.1) is 0 Å². The Morgan fingerprint density at radius 3 is 2.65 bits per heavy atom. The Balaban J connectivity index is 2.06. The molecule has 1 nitrogen and oxygen atoms in total. The molecule has 17 heavy (non-hydrogen) atoms. The van der Waals surface area contributed by atoms with E-state index in [4.69, 9.17) is 0 Å². The van der Waals surface area contributed by atoms with Gasteiger partial charge in [0.15, 0.2) is 0 Å². The zero-order valence-electron chi connectivity index (χ0n) is 10.4. The SMILES string of the molecule is CC(C)CN(Cc1ccc(F)cc1Br)C1CC1. The Hall–Kier alpha value is -0.410. The first-order chi connectivity index (χ1) is 8.06. The van der Waals surface area contributed by atoms with E-state index < -0.39 is 0 Å². The zero-order chi connectivity index (χ0) is 12.4. The Kier molecular flexibility index (Phi) is 4.21. The fourth-order valence-electron chi connectivity index (χ4n) is 2.12. The predicted molar refractivity (Wildman–Crippen MR) is 72.4 cm³/mol. The molecule has 1 fully saturated rings. The van der Waals surface area contributed by atoms with Gasteiger partial charge < -0.3 is 0 Å². The minimum absolute atomic E-state index is 0.178. The summed E-state index contributed by atoms with van der Waals surface area (Å²) >= 11 is 3.44. The first-order valence-electron chi connectivity index (χ1n) is 6.24. The van der Waals surface area contributed by atoms with E-state index in [9.17, 15) is 4.39 Å². The second-order valence-electron chi connectivity index (χ2n) is 5.29. The van der Waals surface area contributed by atoms with Crippen molar-refractivity contribution >= 4 is 15.9 Å². The third-order valence-electron chi connectivity index (χ3n) is 3.05. The van der Waals surface area contributed by atoms with Crippen molar-refractivity contribution in [3.63, 3.8) is 0 Å². The number of halogens is 2. The molecule has 1 saturated carbocycles. The molecule has 0 radical (unpaired) electrons. The summed E-state index contributed by atoms with van der Waals surface area (Å²) in [6.07, 6.45) is 2.62. The molecule has 3 heteroatoms. The van der Waals surface area contributed by atoms with Gasteiger partial charge >= 0.3 is 0 Å². The van der Waals surface area contributed by atoms with Crippen LogP contribution in [0.3, 0.4) is 0 Å². The summed E-state index contributed by atoms with van der Waals surface area (Å²) in [5.41, 5.74) is 1.18. The summed E-state index contributed by atoms with van der Waals surface area (Å²) < 4.78 is 13.9. The number of nitrogens with zero attached hydrogens (tertiary/aromatic N) is 1. The van der Waals surface area contributed by atoms with Gasteiger partial charge in [-0.1, -0.05) is 35.8 Å². The molecule has 0 N–H and O–H groups in total. The minimum Gasteiger partial charge on any atom is -0.296 e. The van der Waals surface area contributed by atoms with Crippen LogP contribution >= 0.6 is 15.9 Å². The fourth-order valence-corrected chi connectivity index (χ4v) is 2.60. The van der Waals surface area contributed by atoms with Crippen LogP contribution in [0.25, 0.3) is 0 Å². The number of hydrogen-bond donors (Lipinski definition) is 0. The molecule has 0 spiro atoms. The highest BCUT2D eigenvalue weighted by Crippen LogP contribution is 2.30. The monoisotopic (exact) mass is 299 g/mol. The molecule has 0 aromatic heterocycles. The third-order valence-corrected chi connectivity index (χ3v) is 3.79. The van der Waals surface area contributed by atoms with Gasteiger partial charge in [-0.25, -0.2) is 4.39 Å². The lowest BCUT2D eigenvalue weighted by Gasteiger charge is -2.24. The Morgan fingerprint density at radius 2 is 2.12 bits per heavy atom. The number of benzene rings is 1. The lowest BCUT2D eigenvalue weighted by molar-refractivity contribution is 0.225. The Bertz CT molecular complexity index is 388. The summed E-state index contributed by atoms with van der Waals surface area (Å²) in [7, 11) is 0. The smallest absolute Gasteiger partial charge is 0.124 e. The topological polar surface area (TPSA) is 3.24 Å². The van der Waals surface area contributed by atoms with Crippen LogP contribution in [0.5, 0.6) is 0 Å². The molecule has 0 heterocycles.